The fourth-order valence-corrected chi connectivity index (χ4v) is 4.26. The molecule has 29 heavy (non-hydrogen) atoms. The van der Waals surface area contributed by atoms with E-state index < -0.39 is 5.97 Å². The molecule has 1 aliphatic rings. The maximum absolute atomic E-state index is 11.7. The van der Waals surface area contributed by atoms with Gasteiger partial charge in [0.1, 0.15) is 0 Å². The van der Waals surface area contributed by atoms with Crippen LogP contribution in [-0.4, -0.2) is 42.6 Å². The molecular weight excluding hydrogens is 366 g/mol. The Balaban J connectivity index is 1.58. The normalized spacial score (nSPS) is 14.7. The smallest absolute Gasteiger partial charge is 0.335 e. The Bertz CT molecular complexity index is 1020. The van der Waals surface area contributed by atoms with E-state index in [0.717, 1.165) is 49.0 Å². The van der Waals surface area contributed by atoms with Crippen molar-refractivity contribution in [3.05, 3.63) is 64.2 Å². The standard InChI is InChI=1S/C22H25N5O2/c1-3-5-18(11-20-14(2)6-4-7-19(20)22(28)29)27-12-16-9-8-15(10-17(16)13-27)21-23-25-26-24-21/h4,6-10,18H,3,5,11-13H2,1-2H3,(H,28,29)(H,23,24,25,26). The second kappa shape index (κ2) is 8.13. The van der Waals surface area contributed by atoms with E-state index >= 15 is 0 Å². The number of aryl methyl sites for hydroxylation is 1. The summed E-state index contributed by atoms with van der Waals surface area (Å²) >= 11 is 0. The quantitative estimate of drug-likeness (QED) is 0.639. The SMILES string of the molecule is CCCC(Cc1c(C)cccc1C(=O)O)N1Cc2ccc(-c3nn[nH]n3)cc2C1. The molecule has 0 radical (unpaired) electrons. The lowest BCUT2D eigenvalue weighted by Gasteiger charge is -2.28. The third kappa shape index (κ3) is 3.91. The topological polar surface area (TPSA) is 95.0 Å². The molecule has 7 heteroatoms. The van der Waals surface area contributed by atoms with Crippen molar-refractivity contribution in [2.75, 3.05) is 0 Å². The Morgan fingerprint density at radius 2 is 2.07 bits per heavy atom. The molecule has 7 nitrogen and oxygen atoms in total. The predicted octanol–water partition coefficient (Wildman–Crippen LogP) is 3.60. The van der Waals surface area contributed by atoms with Gasteiger partial charge in [-0.05, 0) is 59.4 Å². The molecule has 1 aromatic heterocycles. The average molecular weight is 391 g/mol. The van der Waals surface area contributed by atoms with Crippen LogP contribution in [-0.2, 0) is 19.5 Å². The summed E-state index contributed by atoms with van der Waals surface area (Å²) in [5, 5.41) is 23.9. The number of hydrogen-bond donors (Lipinski definition) is 2. The van der Waals surface area contributed by atoms with E-state index in [4.69, 9.17) is 0 Å². The maximum Gasteiger partial charge on any atom is 0.335 e. The molecule has 0 aliphatic carbocycles. The van der Waals surface area contributed by atoms with Crippen molar-refractivity contribution in [2.24, 2.45) is 0 Å². The highest BCUT2D eigenvalue weighted by Crippen LogP contribution is 2.31. The van der Waals surface area contributed by atoms with Crippen molar-refractivity contribution < 1.29 is 9.90 Å². The largest absolute Gasteiger partial charge is 0.478 e. The number of benzene rings is 2. The Morgan fingerprint density at radius 1 is 1.24 bits per heavy atom. The summed E-state index contributed by atoms with van der Waals surface area (Å²) in [4.78, 5) is 14.2. The highest BCUT2D eigenvalue weighted by Gasteiger charge is 2.27. The minimum absolute atomic E-state index is 0.292. The van der Waals surface area contributed by atoms with Crippen LogP contribution in [0.25, 0.3) is 11.4 Å². The maximum atomic E-state index is 11.7. The van der Waals surface area contributed by atoms with E-state index in [9.17, 15) is 9.90 Å². The number of aromatic nitrogens is 4. The summed E-state index contributed by atoms with van der Waals surface area (Å²) in [6.07, 6.45) is 2.83. The second-order valence-corrected chi connectivity index (χ2v) is 7.68. The molecule has 1 unspecified atom stereocenters. The van der Waals surface area contributed by atoms with Gasteiger partial charge in [-0.1, -0.05) is 37.6 Å². The summed E-state index contributed by atoms with van der Waals surface area (Å²) in [5.74, 6) is -0.254. The zero-order chi connectivity index (χ0) is 20.4. The Morgan fingerprint density at radius 3 is 2.79 bits per heavy atom. The van der Waals surface area contributed by atoms with E-state index in [1.54, 1.807) is 6.07 Å². The van der Waals surface area contributed by atoms with E-state index in [1.807, 2.05) is 25.1 Å². The van der Waals surface area contributed by atoms with Gasteiger partial charge in [-0.15, -0.1) is 10.2 Å². The highest BCUT2D eigenvalue weighted by molar-refractivity contribution is 5.89. The number of nitrogens with zero attached hydrogens (tertiary/aromatic N) is 4. The number of carboxylic acid groups (broad SMARTS) is 1. The highest BCUT2D eigenvalue weighted by atomic mass is 16.4. The zero-order valence-corrected chi connectivity index (χ0v) is 16.7. The number of carboxylic acids is 1. The van der Waals surface area contributed by atoms with Crippen molar-refractivity contribution in [1.82, 2.24) is 25.5 Å². The van der Waals surface area contributed by atoms with E-state index in [2.05, 4.69) is 44.6 Å². The van der Waals surface area contributed by atoms with Gasteiger partial charge in [-0.25, -0.2) is 4.79 Å². The van der Waals surface area contributed by atoms with Gasteiger partial charge in [-0.2, -0.15) is 5.21 Å². The summed E-state index contributed by atoms with van der Waals surface area (Å²) in [6, 6.07) is 12.1. The monoisotopic (exact) mass is 391 g/mol. The van der Waals surface area contributed by atoms with Crippen LogP contribution in [0.1, 0.15) is 52.4 Å². The van der Waals surface area contributed by atoms with Crippen LogP contribution in [0.3, 0.4) is 0 Å². The molecule has 2 N–H and O–H groups in total. The molecule has 2 aromatic carbocycles. The molecule has 0 saturated heterocycles. The van der Waals surface area contributed by atoms with Gasteiger partial charge >= 0.3 is 5.97 Å². The summed E-state index contributed by atoms with van der Waals surface area (Å²) in [7, 11) is 0. The summed E-state index contributed by atoms with van der Waals surface area (Å²) in [6.45, 7) is 5.90. The zero-order valence-electron chi connectivity index (χ0n) is 16.7. The van der Waals surface area contributed by atoms with Crippen LogP contribution >= 0.6 is 0 Å². The molecule has 0 spiro atoms. The van der Waals surface area contributed by atoms with Crippen LogP contribution in [0, 0.1) is 6.92 Å². The number of aromatic amines is 1. The lowest BCUT2D eigenvalue weighted by molar-refractivity contribution is 0.0694. The first kappa shape index (κ1) is 19.3. The van der Waals surface area contributed by atoms with Gasteiger partial charge in [0.25, 0.3) is 0 Å². The first-order chi connectivity index (χ1) is 14.1. The first-order valence-electron chi connectivity index (χ1n) is 9.98. The van der Waals surface area contributed by atoms with Crippen molar-refractivity contribution in [1.29, 1.82) is 0 Å². The Labute approximate surface area is 169 Å². The van der Waals surface area contributed by atoms with E-state index in [1.165, 1.54) is 11.1 Å². The van der Waals surface area contributed by atoms with E-state index in [-0.39, 0.29) is 0 Å². The van der Waals surface area contributed by atoms with E-state index in [0.29, 0.717) is 17.4 Å². The molecule has 3 aromatic rings. The van der Waals surface area contributed by atoms with Crippen molar-refractivity contribution in [3.63, 3.8) is 0 Å². The number of carbonyl (C=O) groups is 1. The van der Waals surface area contributed by atoms with Crippen LogP contribution in [0.15, 0.2) is 36.4 Å². The predicted molar refractivity (Wildman–Crippen MR) is 109 cm³/mol. The fraction of sp³-hybridized carbons (Fsp3) is 0.364. The number of nitrogens with one attached hydrogen (secondary N) is 1. The number of hydrogen-bond acceptors (Lipinski definition) is 5. The van der Waals surface area contributed by atoms with Crippen LogP contribution in [0.2, 0.25) is 0 Å². The van der Waals surface area contributed by atoms with Crippen LogP contribution in [0.4, 0.5) is 0 Å². The van der Waals surface area contributed by atoms with Crippen molar-refractivity contribution >= 4 is 5.97 Å². The van der Waals surface area contributed by atoms with Crippen molar-refractivity contribution in [3.8, 4) is 11.4 Å². The molecule has 0 bridgehead atoms. The third-order valence-electron chi connectivity index (χ3n) is 5.78. The lowest BCUT2D eigenvalue weighted by atomic mass is 9.93. The molecule has 1 aliphatic heterocycles. The average Bonchev–Trinajstić information content (AvgIpc) is 3.37. The van der Waals surface area contributed by atoms with Crippen LogP contribution < -0.4 is 0 Å². The minimum Gasteiger partial charge on any atom is -0.478 e. The third-order valence-corrected chi connectivity index (χ3v) is 5.78. The number of aromatic carboxylic acids is 1. The van der Waals surface area contributed by atoms with Gasteiger partial charge < -0.3 is 5.11 Å². The van der Waals surface area contributed by atoms with Crippen LogP contribution in [0.5, 0.6) is 0 Å². The molecular formula is C22H25N5O2. The van der Waals surface area contributed by atoms with Gasteiger partial charge in [0.05, 0.1) is 5.56 Å². The summed E-state index contributed by atoms with van der Waals surface area (Å²) < 4.78 is 0. The second-order valence-electron chi connectivity index (χ2n) is 7.68. The molecule has 0 fully saturated rings. The molecule has 0 amide bonds. The van der Waals surface area contributed by atoms with Gasteiger partial charge in [0, 0.05) is 24.7 Å². The van der Waals surface area contributed by atoms with Gasteiger partial charge in [-0.3, -0.25) is 4.90 Å². The number of rotatable bonds is 7. The number of H-pyrrole nitrogens is 1. The Kier molecular flexibility index (Phi) is 5.40. The minimum atomic E-state index is -0.853. The van der Waals surface area contributed by atoms with Crippen molar-refractivity contribution in [2.45, 2.75) is 52.2 Å². The number of tetrazole rings is 1. The Hall–Kier alpha value is -3.06. The fourth-order valence-electron chi connectivity index (χ4n) is 4.26. The molecule has 1 atom stereocenters. The van der Waals surface area contributed by atoms with Gasteiger partial charge in [0.15, 0.2) is 0 Å². The van der Waals surface area contributed by atoms with Gasteiger partial charge in [0.2, 0.25) is 5.82 Å². The molecule has 2 heterocycles. The summed E-state index contributed by atoms with van der Waals surface area (Å²) in [5.41, 5.74) is 5.95. The number of fused-ring (bicyclic) bond motifs is 1. The molecule has 150 valence electrons. The lowest BCUT2D eigenvalue weighted by Crippen LogP contribution is -2.33. The first-order valence-corrected chi connectivity index (χ1v) is 9.98. The molecule has 0 saturated carbocycles. The molecule has 4 rings (SSSR count).